The molecule has 0 saturated carbocycles. The van der Waals surface area contributed by atoms with Gasteiger partial charge >= 0.3 is 0 Å². The van der Waals surface area contributed by atoms with Crippen LogP contribution in [-0.2, 0) is 6.42 Å². The molecule has 0 spiro atoms. The zero-order chi connectivity index (χ0) is 11.7. The topological polar surface area (TPSA) is 54.5 Å². The molecule has 0 aliphatic heterocycles. The molecule has 0 aliphatic rings. The molecule has 84 valence electrons. The molecule has 0 atom stereocenters. The van der Waals surface area contributed by atoms with Gasteiger partial charge in [-0.3, -0.25) is 4.98 Å². The second-order valence-corrected chi connectivity index (χ2v) is 4.10. The summed E-state index contributed by atoms with van der Waals surface area (Å²) in [6.07, 6.45) is 6.19. The molecule has 1 N–H and O–H groups in total. The monoisotopic (exact) mass is 224 g/mol. The first kappa shape index (κ1) is 9.96. The van der Waals surface area contributed by atoms with Crippen LogP contribution in [0.5, 0.6) is 0 Å². The van der Waals surface area contributed by atoms with Gasteiger partial charge in [-0.15, -0.1) is 0 Å². The van der Waals surface area contributed by atoms with Gasteiger partial charge in [0.25, 0.3) is 0 Å². The van der Waals surface area contributed by atoms with E-state index in [1.54, 1.807) is 12.4 Å². The Kier molecular flexibility index (Phi) is 2.33. The third kappa shape index (κ3) is 2.01. The second kappa shape index (κ2) is 3.97. The van der Waals surface area contributed by atoms with Gasteiger partial charge in [-0.1, -0.05) is 0 Å². The fourth-order valence-corrected chi connectivity index (χ4v) is 1.83. The normalized spacial score (nSPS) is 10.9. The Morgan fingerprint density at radius 3 is 2.88 bits per heavy atom. The van der Waals surface area contributed by atoms with Crippen molar-refractivity contribution < 1.29 is 0 Å². The fraction of sp³-hybridized carbons (Fsp3) is 0.154. The van der Waals surface area contributed by atoms with Crippen molar-refractivity contribution in [3.63, 3.8) is 0 Å². The number of hydrogen-bond donors (Lipinski definition) is 1. The Morgan fingerprint density at radius 2 is 2.06 bits per heavy atom. The summed E-state index contributed by atoms with van der Waals surface area (Å²) in [7, 11) is 0. The van der Waals surface area contributed by atoms with Gasteiger partial charge in [0.05, 0.1) is 5.52 Å². The average Bonchev–Trinajstić information content (AvgIpc) is 2.71. The van der Waals surface area contributed by atoms with Crippen molar-refractivity contribution in [1.29, 1.82) is 0 Å². The van der Waals surface area contributed by atoms with Gasteiger partial charge in [0.2, 0.25) is 0 Å². The van der Waals surface area contributed by atoms with Gasteiger partial charge in [-0.05, 0) is 36.2 Å². The molecule has 0 bridgehead atoms. The maximum absolute atomic E-state index is 4.46. The van der Waals surface area contributed by atoms with E-state index in [0.29, 0.717) is 0 Å². The molecule has 17 heavy (non-hydrogen) atoms. The average molecular weight is 224 g/mol. The first-order valence-electron chi connectivity index (χ1n) is 5.51. The molecule has 0 radical (unpaired) electrons. The van der Waals surface area contributed by atoms with Crippen molar-refractivity contribution in [1.82, 2.24) is 19.9 Å². The summed E-state index contributed by atoms with van der Waals surface area (Å²) in [4.78, 5) is 16.0. The third-order valence-corrected chi connectivity index (χ3v) is 2.64. The molecule has 4 nitrogen and oxygen atoms in total. The molecule has 4 heteroatoms. The second-order valence-electron chi connectivity index (χ2n) is 4.10. The van der Waals surface area contributed by atoms with Crippen LogP contribution in [0.3, 0.4) is 0 Å². The van der Waals surface area contributed by atoms with E-state index in [4.69, 9.17) is 0 Å². The highest BCUT2D eigenvalue weighted by molar-refractivity contribution is 5.71. The minimum absolute atomic E-state index is 0.776. The number of hydrogen-bond acceptors (Lipinski definition) is 3. The highest BCUT2D eigenvalue weighted by Gasteiger charge is 2.04. The summed E-state index contributed by atoms with van der Waals surface area (Å²) in [5, 5.41) is 0. The maximum Gasteiger partial charge on any atom is 0.177 e. The first-order chi connectivity index (χ1) is 8.31. The molecular weight excluding hydrogens is 212 g/mol. The van der Waals surface area contributed by atoms with Crippen LogP contribution in [0.1, 0.15) is 17.0 Å². The van der Waals surface area contributed by atoms with E-state index in [2.05, 4.69) is 26.0 Å². The van der Waals surface area contributed by atoms with Crippen molar-refractivity contribution in [3.8, 4) is 0 Å². The van der Waals surface area contributed by atoms with Crippen molar-refractivity contribution >= 4 is 11.2 Å². The van der Waals surface area contributed by atoms with Gasteiger partial charge in [-0.2, -0.15) is 0 Å². The number of fused-ring (bicyclic) bond motifs is 1. The van der Waals surface area contributed by atoms with E-state index in [0.717, 1.165) is 29.0 Å². The van der Waals surface area contributed by atoms with Crippen LogP contribution >= 0.6 is 0 Å². The summed E-state index contributed by atoms with van der Waals surface area (Å²) in [6, 6.07) is 6.04. The lowest BCUT2D eigenvalue weighted by Gasteiger charge is -1.95. The standard InChI is InChI=1S/C13H12N4/c1-9-6-11-13(15-8-9)17-12(16-11)7-10-2-4-14-5-3-10/h2-6,8H,7H2,1H3,(H,15,16,17). The highest BCUT2D eigenvalue weighted by Crippen LogP contribution is 2.12. The quantitative estimate of drug-likeness (QED) is 0.726. The van der Waals surface area contributed by atoms with Gasteiger partial charge in [-0.25, -0.2) is 9.97 Å². The molecule has 0 amide bonds. The zero-order valence-corrected chi connectivity index (χ0v) is 9.51. The number of rotatable bonds is 2. The van der Waals surface area contributed by atoms with Gasteiger partial charge in [0, 0.05) is 25.0 Å². The molecule has 0 aliphatic carbocycles. The summed E-state index contributed by atoms with van der Waals surface area (Å²) in [6.45, 7) is 2.02. The van der Waals surface area contributed by atoms with Crippen LogP contribution in [-0.4, -0.2) is 19.9 Å². The Bertz CT molecular complexity index is 643. The summed E-state index contributed by atoms with van der Waals surface area (Å²) >= 11 is 0. The first-order valence-corrected chi connectivity index (χ1v) is 5.51. The van der Waals surface area contributed by atoms with Gasteiger partial charge < -0.3 is 4.98 Å². The summed E-state index contributed by atoms with van der Waals surface area (Å²) < 4.78 is 0. The number of nitrogens with one attached hydrogen (secondary N) is 1. The SMILES string of the molecule is Cc1cnc2nc(Cc3ccncc3)[nH]c2c1. The van der Waals surface area contributed by atoms with Gasteiger partial charge in [0.1, 0.15) is 5.82 Å². The van der Waals surface area contributed by atoms with Crippen molar-refractivity contribution in [2.45, 2.75) is 13.3 Å². The third-order valence-electron chi connectivity index (χ3n) is 2.64. The van der Waals surface area contributed by atoms with Crippen LogP contribution in [0.25, 0.3) is 11.2 Å². The molecule has 3 aromatic heterocycles. The molecule has 0 fully saturated rings. The number of pyridine rings is 2. The fourth-order valence-electron chi connectivity index (χ4n) is 1.83. The highest BCUT2D eigenvalue weighted by atomic mass is 15.0. The van der Waals surface area contributed by atoms with E-state index in [-0.39, 0.29) is 0 Å². The van der Waals surface area contributed by atoms with Crippen LogP contribution in [0.2, 0.25) is 0 Å². The molecule has 0 unspecified atom stereocenters. The van der Waals surface area contributed by atoms with E-state index < -0.39 is 0 Å². The Balaban J connectivity index is 1.96. The molecule has 0 aromatic carbocycles. The van der Waals surface area contributed by atoms with Crippen LogP contribution in [0, 0.1) is 6.92 Å². The predicted octanol–water partition coefficient (Wildman–Crippen LogP) is 2.25. The van der Waals surface area contributed by atoms with Crippen molar-refractivity contribution in [3.05, 3.63) is 53.7 Å². The summed E-state index contributed by atoms with van der Waals surface area (Å²) in [5.41, 5.74) is 4.10. The largest absolute Gasteiger partial charge is 0.340 e. The van der Waals surface area contributed by atoms with E-state index in [9.17, 15) is 0 Å². The minimum atomic E-state index is 0.776. The number of H-pyrrole nitrogens is 1. The number of aryl methyl sites for hydroxylation is 1. The Labute approximate surface area is 98.8 Å². The van der Waals surface area contributed by atoms with Crippen LogP contribution in [0.15, 0.2) is 36.8 Å². The summed E-state index contributed by atoms with van der Waals surface area (Å²) in [5.74, 6) is 0.935. The number of nitrogens with zero attached hydrogens (tertiary/aromatic N) is 3. The van der Waals surface area contributed by atoms with Crippen molar-refractivity contribution in [2.24, 2.45) is 0 Å². The van der Waals surface area contributed by atoms with Crippen LogP contribution < -0.4 is 0 Å². The van der Waals surface area contributed by atoms with Crippen molar-refractivity contribution in [2.75, 3.05) is 0 Å². The van der Waals surface area contributed by atoms with E-state index in [1.165, 1.54) is 5.56 Å². The molecule has 3 aromatic rings. The molecule has 0 saturated heterocycles. The van der Waals surface area contributed by atoms with Gasteiger partial charge in [0.15, 0.2) is 5.65 Å². The lowest BCUT2D eigenvalue weighted by Crippen LogP contribution is -1.90. The number of aromatic amines is 1. The van der Waals surface area contributed by atoms with E-state index >= 15 is 0 Å². The smallest absolute Gasteiger partial charge is 0.177 e. The molecular formula is C13H12N4. The lowest BCUT2D eigenvalue weighted by atomic mass is 10.2. The minimum Gasteiger partial charge on any atom is -0.340 e. The number of aromatic nitrogens is 4. The molecule has 3 rings (SSSR count). The molecule has 3 heterocycles. The lowest BCUT2D eigenvalue weighted by molar-refractivity contribution is 1.03. The zero-order valence-electron chi connectivity index (χ0n) is 9.51. The Morgan fingerprint density at radius 1 is 1.24 bits per heavy atom. The maximum atomic E-state index is 4.46. The number of imidazole rings is 1. The van der Waals surface area contributed by atoms with E-state index in [1.807, 2.05) is 25.3 Å². The predicted molar refractivity (Wildman–Crippen MR) is 65.7 cm³/mol. The van der Waals surface area contributed by atoms with Crippen LogP contribution in [0.4, 0.5) is 0 Å². The Hall–Kier alpha value is -2.23.